The third kappa shape index (κ3) is 3.71. The molecule has 0 saturated heterocycles. The Kier molecular flexibility index (Phi) is 5.67. The van der Waals surface area contributed by atoms with E-state index in [0.29, 0.717) is 5.88 Å². The minimum atomic E-state index is -0.106. The van der Waals surface area contributed by atoms with Crippen molar-refractivity contribution in [2.45, 2.75) is 58.0 Å². The number of thiazole rings is 1. The second-order valence-electron chi connectivity index (χ2n) is 5.55. The Morgan fingerprint density at radius 3 is 2.84 bits per heavy atom. The van der Waals surface area contributed by atoms with Gasteiger partial charge in [-0.2, -0.15) is 0 Å². The first-order chi connectivity index (χ1) is 9.20. The Morgan fingerprint density at radius 1 is 1.47 bits per heavy atom. The monoisotopic (exact) mass is 301 g/mol. The van der Waals surface area contributed by atoms with Crippen LogP contribution in [0.3, 0.4) is 0 Å². The lowest BCUT2D eigenvalue weighted by Crippen LogP contribution is -2.34. The molecule has 1 heterocycles. The van der Waals surface area contributed by atoms with Crippen LogP contribution in [0.1, 0.15) is 56.7 Å². The highest BCUT2D eigenvalue weighted by molar-refractivity contribution is 7.09. The van der Waals surface area contributed by atoms with Crippen molar-refractivity contribution >= 4 is 22.9 Å². The molecule has 0 amide bonds. The molecule has 0 atom stereocenters. The molecule has 1 fully saturated rings. The highest BCUT2D eigenvalue weighted by Crippen LogP contribution is 2.43. The summed E-state index contributed by atoms with van der Waals surface area (Å²) < 4.78 is 6.14. The van der Waals surface area contributed by atoms with E-state index in [1.807, 2.05) is 0 Å². The Morgan fingerprint density at radius 2 is 2.21 bits per heavy atom. The average Bonchev–Trinajstić information content (AvgIpc) is 2.89. The van der Waals surface area contributed by atoms with E-state index in [-0.39, 0.29) is 5.60 Å². The molecule has 0 aromatic carbocycles. The molecule has 1 aliphatic rings. The lowest BCUT2D eigenvalue weighted by molar-refractivity contribution is -0.0777. The summed E-state index contributed by atoms with van der Waals surface area (Å²) in [6.45, 7) is 5.19. The van der Waals surface area contributed by atoms with E-state index in [0.717, 1.165) is 38.2 Å². The van der Waals surface area contributed by atoms with Crippen LogP contribution >= 0.6 is 22.9 Å². The van der Waals surface area contributed by atoms with Crippen molar-refractivity contribution in [3.8, 4) is 0 Å². The van der Waals surface area contributed by atoms with Gasteiger partial charge in [-0.3, -0.25) is 0 Å². The molecule has 0 aliphatic heterocycles. The Balaban J connectivity index is 2.12. The quantitative estimate of drug-likeness (QED) is 0.707. The van der Waals surface area contributed by atoms with E-state index in [9.17, 15) is 0 Å². The standard InChI is InChI=1S/C15H24ClNOS/c1-3-18-15(8-6-12(2)7-9-15)14-17-13(11-19-14)5-4-10-16/h11-12H,3-10H2,1-2H3. The van der Waals surface area contributed by atoms with Crippen LogP contribution in [0, 0.1) is 5.92 Å². The fourth-order valence-corrected chi connectivity index (χ4v) is 4.00. The number of hydrogen-bond acceptors (Lipinski definition) is 3. The SMILES string of the molecule is CCOC1(c2nc(CCCCl)cs2)CCC(C)CC1. The first-order valence-corrected chi connectivity index (χ1v) is 8.76. The van der Waals surface area contributed by atoms with Gasteiger partial charge in [-0.1, -0.05) is 6.92 Å². The molecule has 19 heavy (non-hydrogen) atoms. The first-order valence-electron chi connectivity index (χ1n) is 7.35. The van der Waals surface area contributed by atoms with Crippen molar-refractivity contribution < 1.29 is 4.74 Å². The maximum atomic E-state index is 6.14. The van der Waals surface area contributed by atoms with Gasteiger partial charge in [0.1, 0.15) is 10.6 Å². The third-order valence-electron chi connectivity index (χ3n) is 4.01. The highest BCUT2D eigenvalue weighted by Gasteiger charge is 2.39. The summed E-state index contributed by atoms with van der Waals surface area (Å²) in [6.07, 6.45) is 6.71. The van der Waals surface area contributed by atoms with Crippen molar-refractivity contribution in [1.82, 2.24) is 4.98 Å². The summed E-state index contributed by atoms with van der Waals surface area (Å²) in [5.41, 5.74) is 1.07. The van der Waals surface area contributed by atoms with Crippen molar-refractivity contribution in [2.75, 3.05) is 12.5 Å². The smallest absolute Gasteiger partial charge is 0.125 e. The van der Waals surface area contributed by atoms with Crippen LogP contribution in [0.2, 0.25) is 0 Å². The van der Waals surface area contributed by atoms with E-state index in [1.165, 1.54) is 23.5 Å². The summed E-state index contributed by atoms with van der Waals surface area (Å²) in [6, 6.07) is 0. The minimum absolute atomic E-state index is 0.106. The molecule has 4 heteroatoms. The van der Waals surface area contributed by atoms with Crippen LogP contribution in [0.4, 0.5) is 0 Å². The summed E-state index contributed by atoms with van der Waals surface area (Å²) in [7, 11) is 0. The number of hydrogen-bond donors (Lipinski definition) is 0. The molecule has 0 unspecified atom stereocenters. The number of halogens is 1. The van der Waals surface area contributed by atoms with Gasteiger partial charge in [-0.15, -0.1) is 22.9 Å². The molecule has 0 bridgehead atoms. The second kappa shape index (κ2) is 7.05. The molecule has 1 aromatic heterocycles. The van der Waals surface area contributed by atoms with Crippen LogP contribution in [0.25, 0.3) is 0 Å². The zero-order valence-corrected chi connectivity index (χ0v) is 13.5. The van der Waals surface area contributed by atoms with Crippen molar-refractivity contribution in [1.29, 1.82) is 0 Å². The van der Waals surface area contributed by atoms with Gasteiger partial charge >= 0.3 is 0 Å². The molecule has 1 aliphatic carbocycles. The van der Waals surface area contributed by atoms with E-state index >= 15 is 0 Å². The minimum Gasteiger partial charge on any atom is -0.368 e. The molecule has 2 nitrogen and oxygen atoms in total. The molecule has 0 spiro atoms. The Bertz CT molecular complexity index is 385. The van der Waals surface area contributed by atoms with E-state index < -0.39 is 0 Å². The fourth-order valence-electron chi connectivity index (χ4n) is 2.80. The van der Waals surface area contributed by atoms with Crippen LogP contribution < -0.4 is 0 Å². The normalized spacial score (nSPS) is 27.6. The van der Waals surface area contributed by atoms with Crippen molar-refractivity contribution in [3.05, 3.63) is 16.1 Å². The van der Waals surface area contributed by atoms with Crippen LogP contribution in [0.5, 0.6) is 0 Å². The lowest BCUT2D eigenvalue weighted by Gasteiger charge is -2.37. The maximum Gasteiger partial charge on any atom is 0.125 e. The molecule has 1 saturated carbocycles. The van der Waals surface area contributed by atoms with Gasteiger partial charge < -0.3 is 4.74 Å². The summed E-state index contributed by atoms with van der Waals surface area (Å²) in [5, 5.41) is 3.37. The fraction of sp³-hybridized carbons (Fsp3) is 0.800. The van der Waals surface area contributed by atoms with Gasteiger partial charge in [-0.25, -0.2) is 4.98 Å². The van der Waals surface area contributed by atoms with Gasteiger partial charge in [0.15, 0.2) is 0 Å². The molecule has 0 N–H and O–H groups in total. The maximum absolute atomic E-state index is 6.14. The highest BCUT2D eigenvalue weighted by atomic mass is 35.5. The lowest BCUT2D eigenvalue weighted by atomic mass is 9.79. The number of aromatic nitrogens is 1. The molecular formula is C15H24ClNOS. The Hall–Kier alpha value is -0.120. The van der Waals surface area contributed by atoms with Crippen molar-refractivity contribution in [2.24, 2.45) is 5.92 Å². The van der Waals surface area contributed by atoms with Gasteiger partial charge in [0.2, 0.25) is 0 Å². The van der Waals surface area contributed by atoms with E-state index in [4.69, 9.17) is 21.3 Å². The molecule has 0 radical (unpaired) electrons. The van der Waals surface area contributed by atoms with Crippen LogP contribution in [0.15, 0.2) is 5.38 Å². The molecular weight excluding hydrogens is 278 g/mol. The van der Waals surface area contributed by atoms with E-state index in [2.05, 4.69) is 19.2 Å². The van der Waals surface area contributed by atoms with Gasteiger partial charge in [0.05, 0.1) is 5.69 Å². The zero-order valence-electron chi connectivity index (χ0n) is 12.0. The van der Waals surface area contributed by atoms with Crippen LogP contribution in [-0.2, 0) is 16.8 Å². The van der Waals surface area contributed by atoms with Gasteiger partial charge in [0, 0.05) is 17.9 Å². The molecule has 2 rings (SSSR count). The Labute approximate surface area is 125 Å². The predicted octanol–water partition coefficient (Wildman–Crippen LogP) is 4.76. The number of aryl methyl sites for hydroxylation is 1. The topological polar surface area (TPSA) is 22.1 Å². The average molecular weight is 302 g/mol. The van der Waals surface area contributed by atoms with E-state index in [1.54, 1.807) is 11.3 Å². The molecule has 108 valence electrons. The summed E-state index contributed by atoms with van der Waals surface area (Å²) >= 11 is 7.52. The number of nitrogens with zero attached hydrogens (tertiary/aromatic N) is 1. The predicted molar refractivity (Wildman–Crippen MR) is 82.1 cm³/mol. The van der Waals surface area contributed by atoms with Gasteiger partial charge in [0.25, 0.3) is 0 Å². The first kappa shape index (κ1) is 15.3. The number of alkyl halides is 1. The van der Waals surface area contributed by atoms with Crippen LogP contribution in [-0.4, -0.2) is 17.5 Å². The number of rotatable bonds is 6. The summed E-state index contributed by atoms with van der Waals surface area (Å²) in [5.74, 6) is 1.53. The second-order valence-corrected chi connectivity index (χ2v) is 6.78. The largest absolute Gasteiger partial charge is 0.368 e. The summed E-state index contributed by atoms with van der Waals surface area (Å²) in [4.78, 5) is 4.82. The zero-order chi connectivity index (χ0) is 13.7. The number of ether oxygens (including phenoxy) is 1. The van der Waals surface area contributed by atoms with Crippen molar-refractivity contribution in [3.63, 3.8) is 0 Å². The third-order valence-corrected chi connectivity index (χ3v) is 5.35. The molecule has 1 aromatic rings. The van der Waals surface area contributed by atoms with Gasteiger partial charge in [-0.05, 0) is 51.4 Å².